The first kappa shape index (κ1) is 18.1. The number of rotatable bonds is 6. The Bertz CT molecular complexity index is 315. The molecule has 0 saturated heterocycles. The van der Waals surface area contributed by atoms with Gasteiger partial charge in [-0.2, -0.15) is 22.0 Å². The van der Waals surface area contributed by atoms with E-state index in [9.17, 15) is 26.7 Å². The van der Waals surface area contributed by atoms with Gasteiger partial charge in [0.25, 0.3) is 0 Å². The summed E-state index contributed by atoms with van der Waals surface area (Å²) in [7, 11) is 0. The highest BCUT2D eigenvalue weighted by atomic mass is 19.4. The highest BCUT2D eigenvalue weighted by Gasteiger charge is 2.64. The maximum absolute atomic E-state index is 13.0. The van der Waals surface area contributed by atoms with Crippen molar-refractivity contribution < 1.29 is 26.7 Å². The maximum Gasteiger partial charge on any atom is 0.463 e. The van der Waals surface area contributed by atoms with E-state index in [1.807, 2.05) is 0 Å². The summed E-state index contributed by atoms with van der Waals surface area (Å²) in [5.74, 6) is -7.59. The van der Waals surface area contributed by atoms with Crippen molar-refractivity contribution in [1.29, 1.82) is 0 Å². The van der Waals surface area contributed by atoms with Crippen molar-refractivity contribution >= 4 is 5.91 Å². The Morgan fingerprint density at radius 1 is 1.16 bits per heavy atom. The molecule has 0 rings (SSSR count). The summed E-state index contributed by atoms with van der Waals surface area (Å²) in [5.41, 5.74) is 4.67. The third-order valence-electron chi connectivity index (χ3n) is 2.58. The molecule has 0 aliphatic heterocycles. The third kappa shape index (κ3) is 4.59. The molecule has 19 heavy (non-hydrogen) atoms. The Labute approximate surface area is 108 Å². The Kier molecular flexibility index (Phi) is 5.73. The molecule has 0 heterocycles. The number of nitrogens with two attached hydrogens (primary N) is 1. The molecule has 1 amide bonds. The predicted molar refractivity (Wildman–Crippen MR) is 60.7 cm³/mol. The van der Waals surface area contributed by atoms with Gasteiger partial charge in [-0.05, 0) is 18.4 Å². The fourth-order valence-corrected chi connectivity index (χ4v) is 1.42. The molecule has 114 valence electrons. The molecule has 0 unspecified atom stereocenters. The second-order valence-electron chi connectivity index (χ2n) is 5.17. The Morgan fingerprint density at radius 3 is 1.95 bits per heavy atom. The first-order valence-corrected chi connectivity index (χ1v) is 5.83. The van der Waals surface area contributed by atoms with Crippen molar-refractivity contribution in [3.63, 3.8) is 0 Å². The molecule has 0 radical (unpaired) electrons. The van der Waals surface area contributed by atoms with E-state index in [0.29, 0.717) is 4.90 Å². The van der Waals surface area contributed by atoms with E-state index in [1.54, 1.807) is 20.8 Å². The molecule has 0 aliphatic carbocycles. The molecule has 0 fully saturated rings. The number of hydrogen-bond acceptors (Lipinski definition) is 2. The van der Waals surface area contributed by atoms with Crippen LogP contribution in [-0.2, 0) is 4.79 Å². The summed E-state index contributed by atoms with van der Waals surface area (Å²) in [5, 5.41) is 0. The minimum Gasteiger partial charge on any atom is -0.337 e. The Hall–Kier alpha value is -0.920. The van der Waals surface area contributed by atoms with Crippen molar-refractivity contribution in [2.75, 3.05) is 19.6 Å². The number of alkyl halides is 5. The lowest BCUT2D eigenvalue weighted by Crippen LogP contribution is -2.54. The number of carbonyl (C=O) groups is 1. The van der Waals surface area contributed by atoms with Crippen LogP contribution < -0.4 is 5.73 Å². The lowest BCUT2D eigenvalue weighted by atomic mass is 9.92. The molecule has 0 atom stereocenters. The van der Waals surface area contributed by atoms with E-state index in [1.165, 1.54) is 0 Å². The third-order valence-corrected chi connectivity index (χ3v) is 2.58. The number of halogens is 5. The van der Waals surface area contributed by atoms with Gasteiger partial charge in [-0.25, -0.2) is 0 Å². The van der Waals surface area contributed by atoms with Crippen LogP contribution in [0.25, 0.3) is 0 Å². The van der Waals surface area contributed by atoms with E-state index in [4.69, 9.17) is 5.73 Å². The molecule has 3 nitrogen and oxygen atoms in total. The van der Waals surface area contributed by atoms with Gasteiger partial charge in [-0.3, -0.25) is 4.79 Å². The standard InChI is InChI=1S/C11H19F5N2O/c1-4-5-18(7-9(2,3)6-17)8(19)10(12,13)11(14,15)16/h4-7,17H2,1-3H3. The largest absolute Gasteiger partial charge is 0.463 e. The highest BCUT2D eigenvalue weighted by Crippen LogP contribution is 2.37. The Morgan fingerprint density at radius 2 is 1.63 bits per heavy atom. The molecule has 2 N–H and O–H groups in total. The number of carbonyl (C=O) groups excluding carboxylic acids is 1. The molecule has 0 aromatic rings. The summed E-state index contributed by atoms with van der Waals surface area (Å²) in [4.78, 5) is 11.9. The zero-order valence-electron chi connectivity index (χ0n) is 11.2. The molecule has 0 aromatic heterocycles. The van der Waals surface area contributed by atoms with Crippen LogP contribution in [0.15, 0.2) is 0 Å². The predicted octanol–water partition coefficient (Wildman–Crippen LogP) is 2.41. The van der Waals surface area contributed by atoms with Crippen LogP contribution >= 0.6 is 0 Å². The van der Waals surface area contributed by atoms with Gasteiger partial charge in [0.15, 0.2) is 0 Å². The van der Waals surface area contributed by atoms with Gasteiger partial charge in [0.2, 0.25) is 0 Å². The average Bonchev–Trinajstić information content (AvgIpc) is 2.25. The van der Waals surface area contributed by atoms with Crippen LogP contribution in [0.2, 0.25) is 0 Å². The molecule has 0 aromatic carbocycles. The number of nitrogens with zero attached hydrogens (tertiary/aromatic N) is 1. The quantitative estimate of drug-likeness (QED) is 0.764. The van der Waals surface area contributed by atoms with Crippen LogP contribution in [0.4, 0.5) is 22.0 Å². The van der Waals surface area contributed by atoms with Crippen LogP contribution in [0.3, 0.4) is 0 Å². The summed E-state index contributed by atoms with van der Waals surface area (Å²) < 4.78 is 62.6. The fourth-order valence-electron chi connectivity index (χ4n) is 1.42. The second-order valence-corrected chi connectivity index (χ2v) is 5.17. The van der Waals surface area contributed by atoms with Crippen LogP contribution in [0.5, 0.6) is 0 Å². The SMILES string of the molecule is CCCN(CC(C)(C)CN)C(=O)C(F)(F)C(F)(F)F. The molecule has 0 aliphatic rings. The smallest absolute Gasteiger partial charge is 0.337 e. The molecular formula is C11H19F5N2O. The summed E-state index contributed by atoms with van der Waals surface area (Å²) in [6.07, 6.45) is -5.61. The number of amides is 1. The van der Waals surface area contributed by atoms with Gasteiger partial charge in [0.1, 0.15) is 0 Å². The van der Waals surface area contributed by atoms with E-state index in [-0.39, 0.29) is 26.1 Å². The average molecular weight is 290 g/mol. The highest BCUT2D eigenvalue weighted by molar-refractivity contribution is 5.84. The summed E-state index contributed by atoms with van der Waals surface area (Å²) in [6.45, 7) is 4.42. The van der Waals surface area contributed by atoms with E-state index < -0.39 is 23.4 Å². The van der Waals surface area contributed by atoms with Gasteiger partial charge in [-0.15, -0.1) is 0 Å². The fraction of sp³-hybridized carbons (Fsp3) is 0.909. The maximum atomic E-state index is 13.0. The van der Waals surface area contributed by atoms with Crippen molar-refractivity contribution in [1.82, 2.24) is 4.90 Å². The minimum atomic E-state index is -5.89. The first-order valence-electron chi connectivity index (χ1n) is 5.83. The summed E-state index contributed by atoms with van der Waals surface area (Å²) >= 11 is 0. The topological polar surface area (TPSA) is 46.3 Å². The Balaban J connectivity index is 5.15. The van der Waals surface area contributed by atoms with Gasteiger partial charge in [0.05, 0.1) is 0 Å². The molecule has 0 spiro atoms. The number of hydrogen-bond donors (Lipinski definition) is 1. The van der Waals surface area contributed by atoms with Crippen molar-refractivity contribution in [3.05, 3.63) is 0 Å². The molecule has 0 saturated carbocycles. The van der Waals surface area contributed by atoms with Crippen molar-refractivity contribution in [2.24, 2.45) is 11.1 Å². The lowest BCUT2D eigenvalue weighted by Gasteiger charge is -2.34. The van der Waals surface area contributed by atoms with Gasteiger partial charge in [-0.1, -0.05) is 20.8 Å². The van der Waals surface area contributed by atoms with E-state index in [2.05, 4.69) is 0 Å². The van der Waals surface area contributed by atoms with Crippen molar-refractivity contribution in [3.8, 4) is 0 Å². The van der Waals surface area contributed by atoms with Crippen molar-refractivity contribution in [2.45, 2.75) is 39.3 Å². The normalized spacial score (nSPS) is 13.5. The minimum absolute atomic E-state index is 0.0675. The van der Waals surface area contributed by atoms with Gasteiger partial charge < -0.3 is 10.6 Å². The zero-order chi connectivity index (χ0) is 15.5. The van der Waals surface area contributed by atoms with Crippen LogP contribution in [-0.4, -0.2) is 42.5 Å². The summed E-state index contributed by atoms with van der Waals surface area (Å²) in [6, 6.07) is 0. The van der Waals surface area contributed by atoms with Crippen LogP contribution in [0, 0.1) is 5.41 Å². The van der Waals surface area contributed by atoms with Crippen LogP contribution in [0.1, 0.15) is 27.2 Å². The van der Waals surface area contributed by atoms with Gasteiger partial charge in [0, 0.05) is 13.1 Å². The molecule has 0 bridgehead atoms. The first-order chi connectivity index (χ1) is 8.39. The second kappa shape index (κ2) is 6.02. The van der Waals surface area contributed by atoms with E-state index >= 15 is 0 Å². The lowest BCUT2D eigenvalue weighted by molar-refractivity contribution is -0.274. The van der Waals surface area contributed by atoms with Gasteiger partial charge >= 0.3 is 18.0 Å². The zero-order valence-corrected chi connectivity index (χ0v) is 11.2. The molecule has 8 heteroatoms. The monoisotopic (exact) mass is 290 g/mol. The van der Waals surface area contributed by atoms with E-state index in [0.717, 1.165) is 0 Å². The molecular weight excluding hydrogens is 271 g/mol.